The van der Waals surface area contributed by atoms with Crippen LogP contribution in [0, 0.1) is 0 Å². The molecule has 7 nitrogen and oxygen atoms in total. The predicted octanol–water partition coefficient (Wildman–Crippen LogP) is 5.03. The second kappa shape index (κ2) is 9.07. The van der Waals surface area contributed by atoms with Crippen molar-refractivity contribution < 1.29 is 9.59 Å². The van der Waals surface area contributed by atoms with Crippen molar-refractivity contribution in [1.82, 2.24) is 19.3 Å². The molecule has 1 saturated carbocycles. The van der Waals surface area contributed by atoms with Crippen LogP contribution in [-0.2, 0) is 4.79 Å². The van der Waals surface area contributed by atoms with Crippen molar-refractivity contribution in [2.24, 2.45) is 0 Å². The number of rotatable bonds is 6. The molecule has 1 unspecified atom stereocenters. The van der Waals surface area contributed by atoms with Gasteiger partial charge in [-0.1, -0.05) is 18.7 Å². The van der Waals surface area contributed by atoms with Crippen LogP contribution in [0.25, 0.3) is 16.8 Å². The molecule has 4 aromatic rings. The van der Waals surface area contributed by atoms with E-state index in [1.54, 1.807) is 12.4 Å². The third-order valence-corrected chi connectivity index (χ3v) is 7.24. The van der Waals surface area contributed by atoms with Gasteiger partial charge in [0.1, 0.15) is 5.82 Å². The lowest BCUT2D eigenvalue weighted by molar-refractivity contribution is -0.125. The van der Waals surface area contributed by atoms with Crippen molar-refractivity contribution in [2.75, 3.05) is 18.4 Å². The number of hydrogen-bond acceptors (Lipinski definition) is 4. The average molecular weight is 478 g/mol. The Balaban J connectivity index is 1.24. The lowest BCUT2D eigenvalue weighted by atomic mass is 9.98. The van der Waals surface area contributed by atoms with Crippen molar-refractivity contribution in [3.8, 4) is 11.3 Å². The zero-order valence-corrected chi connectivity index (χ0v) is 19.9. The van der Waals surface area contributed by atoms with Crippen molar-refractivity contribution in [1.29, 1.82) is 0 Å². The predicted molar refractivity (Wildman–Crippen MR) is 139 cm³/mol. The maximum Gasteiger partial charge on any atom is 0.256 e. The highest BCUT2D eigenvalue weighted by Gasteiger charge is 2.29. The van der Waals surface area contributed by atoms with Gasteiger partial charge in [0, 0.05) is 37.0 Å². The smallest absolute Gasteiger partial charge is 0.256 e. The molecule has 1 aromatic carbocycles. The Bertz CT molecular complexity index is 1470. The topological polar surface area (TPSA) is 79.6 Å². The molecule has 0 spiro atoms. The monoisotopic (exact) mass is 477 g/mol. The van der Waals surface area contributed by atoms with E-state index >= 15 is 0 Å². The normalized spacial score (nSPS) is 17.3. The van der Waals surface area contributed by atoms with E-state index in [0.717, 1.165) is 29.7 Å². The number of nitrogens with one attached hydrogen (secondary N) is 1. The quantitative estimate of drug-likeness (QED) is 0.395. The molecule has 1 N–H and O–H groups in total. The van der Waals surface area contributed by atoms with E-state index in [1.165, 1.54) is 30.0 Å². The van der Waals surface area contributed by atoms with Crippen LogP contribution in [0.2, 0.25) is 0 Å². The van der Waals surface area contributed by atoms with Gasteiger partial charge in [0.2, 0.25) is 5.91 Å². The highest BCUT2D eigenvalue weighted by atomic mass is 16.2. The first kappa shape index (κ1) is 22.2. The van der Waals surface area contributed by atoms with Crippen molar-refractivity contribution in [2.45, 2.75) is 31.1 Å². The van der Waals surface area contributed by atoms with Crippen LogP contribution in [0.5, 0.6) is 0 Å². The fourth-order valence-corrected chi connectivity index (χ4v) is 5.14. The number of likely N-dealkylation sites (tertiary alicyclic amines) is 1. The molecular weight excluding hydrogens is 450 g/mol. The minimum atomic E-state index is -0.178. The number of pyridine rings is 1. The van der Waals surface area contributed by atoms with Crippen molar-refractivity contribution in [3.05, 3.63) is 96.6 Å². The van der Waals surface area contributed by atoms with E-state index in [9.17, 15) is 9.59 Å². The van der Waals surface area contributed by atoms with Crippen LogP contribution in [0.1, 0.15) is 52.6 Å². The SMILES string of the molecule is C=CC(=O)N1CCC(c2cc(-c3ccc(C(=O)Nc4cc(C5CC5)ccn4)cc3)n3cnccc23)C1. The molecule has 7 heteroatoms. The van der Waals surface area contributed by atoms with Gasteiger partial charge in [-0.25, -0.2) is 9.97 Å². The van der Waals surface area contributed by atoms with Crippen molar-refractivity contribution >= 4 is 23.1 Å². The van der Waals surface area contributed by atoms with Crippen LogP contribution >= 0.6 is 0 Å². The van der Waals surface area contributed by atoms with Gasteiger partial charge in [0.25, 0.3) is 5.91 Å². The molecule has 2 amide bonds. The average Bonchev–Trinajstić information content (AvgIpc) is 3.53. The highest BCUT2D eigenvalue weighted by molar-refractivity contribution is 6.04. The lowest BCUT2D eigenvalue weighted by Crippen LogP contribution is -2.26. The van der Waals surface area contributed by atoms with Gasteiger partial charge in [0.05, 0.1) is 17.5 Å². The molecule has 1 aliphatic heterocycles. The highest BCUT2D eigenvalue weighted by Crippen LogP contribution is 2.40. The molecule has 36 heavy (non-hydrogen) atoms. The minimum Gasteiger partial charge on any atom is -0.339 e. The molecule has 1 saturated heterocycles. The van der Waals surface area contributed by atoms with Crippen LogP contribution in [0.15, 0.2) is 79.9 Å². The number of amides is 2. The fourth-order valence-electron chi connectivity index (χ4n) is 5.14. The van der Waals surface area contributed by atoms with Gasteiger partial charge in [-0.2, -0.15) is 0 Å². The summed E-state index contributed by atoms with van der Waals surface area (Å²) in [6.07, 6.45) is 10.1. The number of fused-ring (bicyclic) bond motifs is 1. The largest absolute Gasteiger partial charge is 0.339 e. The Morgan fingerprint density at radius 1 is 1.00 bits per heavy atom. The molecule has 2 fully saturated rings. The summed E-state index contributed by atoms with van der Waals surface area (Å²) in [5.74, 6) is 1.24. The number of carbonyl (C=O) groups is 2. The summed E-state index contributed by atoms with van der Waals surface area (Å²) >= 11 is 0. The summed E-state index contributed by atoms with van der Waals surface area (Å²) in [6, 6.07) is 15.8. The first-order chi connectivity index (χ1) is 17.6. The summed E-state index contributed by atoms with van der Waals surface area (Å²) in [5, 5.41) is 2.92. The molecule has 0 bridgehead atoms. The number of nitrogens with zero attached hydrogens (tertiary/aromatic N) is 4. The Morgan fingerprint density at radius 2 is 1.83 bits per heavy atom. The van der Waals surface area contributed by atoms with Gasteiger partial charge in [0.15, 0.2) is 0 Å². The first-order valence-electron chi connectivity index (χ1n) is 12.3. The van der Waals surface area contributed by atoms with Crippen LogP contribution < -0.4 is 5.32 Å². The lowest BCUT2D eigenvalue weighted by Gasteiger charge is -2.13. The van der Waals surface area contributed by atoms with Gasteiger partial charge >= 0.3 is 0 Å². The second-order valence-corrected chi connectivity index (χ2v) is 9.57. The zero-order chi connectivity index (χ0) is 24.6. The third kappa shape index (κ3) is 4.17. The Kier molecular flexibility index (Phi) is 5.60. The summed E-state index contributed by atoms with van der Waals surface area (Å²) in [4.78, 5) is 35.4. The van der Waals surface area contributed by atoms with E-state index in [4.69, 9.17) is 0 Å². The van der Waals surface area contributed by atoms with Crippen LogP contribution in [0.4, 0.5) is 5.82 Å². The molecule has 3 aromatic heterocycles. The van der Waals surface area contributed by atoms with Gasteiger partial charge in [-0.15, -0.1) is 0 Å². The van der Waals surface area contributed by atoms with Crippen LogP contribution in [-0.4, -0.2) is 44.2 Å². The number of carbonyl (C=O) groups excluding carboxylic acids is 2. The van der Waals surface area contributed by atoms with E-state index in [1.807, 2.05) is 53.7 Å². The maximum atomic E-state index is 12.9. The summed E-state index contributed by atoms with van der Waals surface area (Å²) in [5.41, 5.74) is 6.10. The van der Waals surface area contributed by atoms with Crippen molar-refractivity contribution in [3.63, 3.8) is 0 Å². The molecule has 2 aliphatic rings. The standard InChI is InChI=1S/C29H27N5O2/c1-2-28(35)33-14-11-23(17-33)24-16-26(34-18-30-12-10-25(24)34)20-5-7-21(8-6-20)29(36)32-27-15-22(9-13-31-27)19-3-4-19/h2,5-10,12-13,15-16,18-19,23H,1,3-4,11,14,17H2,(H,31,32,36). The van der Waals surface area contributed by atoms with E-state index in [0.29, 0.717) is 23.8 Å². The summed E-state index contributed by atoms with van der Waals surface area (Å²) in [7, 11) is 0. The van der Waals surface area contributed by atoms with Gasteiger partial charge in [-0.3, -0.25) is 9.59 Å². The molecule has 180 valence electrons. The maximum absolute atomic E-state index is 12.9. The minimum absolute atomic E-state index is 0.0220. The molecule has 1 atom stereocenters. The fraction of sp³-hybridized carbons (Fsp3) is 0.241. The number of anilines is 1. The second-order valence-electron chi connectivity index (χ2n) is 9.57. The number of aromatic nitrogens is 3. The Morgan fingerprint density at radius 3 is 2.61 bits per heavy atom. The summed E-state index contributed by atoms with van der Waals surface area (Å²) < 4.78 is 2.08. The van der Waals surface area contributed by atoms with E-state index in [2.05, 4.69) is 32.3 Å². The Labute approximate surface area is 209 Å². The molecule has 0 radical (unpaired) electrons. The van der Waals surface area contributed by atoms with Crippen LogP contribution in [0.3, 0.4) is 0 Å². The Hall–Kier alpha value is -4.26. The number of benzene rings is 1. The molecular formula is C29H27N5O2. The molecule has 6 rings (SSSR count). The third-order valence-electron chi connectivity index (χ3n) is 7.24. The first-order valence-corrected chi connectivity index (χ1v) is 12.3. The van der Waals surface area contributed by atoms with Gasteiger partial charge in [-0.05, 0) is 84.3 Å². The van der Waals surface area contributed by atoms with Gasteiger partial charge < -0.3 is 14.6 Å². The molecule has 4 heterocycles. The van der Waals surface area contributed by atoms with E-state index in [-0.39, 0.29) is 17.7 Å². The zero-order valence-electron chi connectivity index (χ0n) is 19.9. The summed E-state index contributed by atoms with van der Waals surface area (Å²) in [6.45, 7) is 5.03. The number of hydrogen-bond donors (Lipinski definition) is 1. The molecule has 1 aliphatic carbocycles. The van der Waals surface area contributed by atoms with E-state index < -0.39 is 0 Å².